The van der Waals surface area contributed by atoms with Gasteiger partial charge in [-0.1, -0.05) is 0 Å². The predicted molar refractivity (Wildman–Crippen MR) is 86.4 cm³/mol. The van der Waals surface area contributed by atoms with Crippen LogP contribution >= 0.6 is 11.3 Å². The number of rotatable bonds is 5. The topological polar surface area (TPSA) is 113 Å². The molecule has 116 valence electrons. The minimum Gasteiger partial charge on any atom is -0.465 e. The largest absolute Gasteiger partial charge is 0.465 e. The predicted octanol–water partition coefficient (Wildman–Crippen LogP) is 1.30. The molecule has 5 N–H and O–H groups in total. The number of aliphatic hydroxyl groups excluding tert-OH is 1. The number of methoxy groups -OCH3 is 1. The third-order valence-corrected chi connectivity index (χ3v) is 4.56. The van der Waals surface area contributed by atoms with Crippen molar-refractivity contribution in [1.82, 2.24) is 10.2 Å². The first-order valence-electron chi connectivity index (χ1n) is 6.73. The van der Waals surface area contributed by atoms with Crippen LogP contribution in [-0.2, 0) is 4.74 Å². The fraction of sp³-hybridized carbons (Fsp3) is 0.286. The number of hydrogen-bond donors (Lipinski definition) is 4. The molecule has 7 nitrogen and oxygen atoms in total. The number of esters is 1. The Hall–Kier alpha value is -2.16. The lowest BCUT2D eigenvalue weighted by Gasteiger charge is -2.12. The van der Waals surface area contributed by atoms with Crippen molar-refractivity contribution in [3.63, 3.8) is 0 Å². The average molecular weight is 320 g/mol. The summed E-state index contributed by atoms with van der Waals surface area (Å²) in [5.41, 5.74) is 7.30. The van der Waals surface area contributed by atoms with E-state index in [2.05, 4.69) is 15.5 Å². The minimum absolute atomic E-state index is 0.135. The van der Waals surface area contributed by atoms with E-state index in [0.29, 0.717) is 17.1 Å². The number of aromatic nitrogens is 2. The van der Waals surface area contributed by atoms with E-state index in [0.717, 1.165) is 21.0 Å². The summed E-state index contributed by atoms with van der Waals surface area (Å²) in [4.78, 5) is 12.5. The standard InChI is InChI=1S/C14H16N4O3S/c1-21-14(20)13-12(16-4-7(15)6-19)11-8-5-17-18-9(8)2-3-10(11)22-13/h2-3,5,7,16,19H,4,6,15H2,1H3,(H,17,18)/t7-/m0/s1. The highest BCUT2D eigenvalue weighted by atomic mass is 32.1. The summed E-state index contributed by atoms with van der Waals surface area (Å²) in [5, 5.41) is 21.0. The monoisotopic (exact) mass is 320 g/mol. The summed E-state index contributed by atoms with van der Waals surface area (Å²) in [6.45, 7) is 0.213. The van der Waals surface area contributed by atoms with Crippen molar-refractivity contribution in [3.05, 3.63) is 23.2 Å². The van der Waals surface area contributed by atoms with Crippen LogP contribution < -0.4 is 11.1 Å². The number of benzene rings is 1. The molecule has 2 aromatic heterocycles. The Morgan fingerprint density at radius 3 is 3.14 bits per heavy atom. The van der Waals surface area contributed by atoms with Crippen molar-refractivity contribution in [1.29, 1.82) is 0 Å². The van der Waals surface area contributed by atoms with Gasteiger partial charge in [0, 0.05) is 28.1 Å². The van der Waals surface area contributed by atoms with Crippen LogP contribution in [0.2, 0.25) is 0 Å². The number of aliphatic hydroxyl groups is 1. The van der Waals surface area contributed by atoms with Gasteiger partial charge in [-0.15, -0.1) is 11.3 Å². The molecule has 3 rings (SSSR count). The van der Waals surface area contributed by atoms with Crippen molar-refractivity contribution < 1.29 is 14.6 Å². The van der Waals surface area contributed by atoms with Gasteiger partial charge < -0.3 is 20.9 Å². The third-order valence-electron chi connectivity index (χ3n) is 3.42. The number of carbonyl (C=O) groups is 1. The van der Waals surface area contributed by atoms with E-state index in [9.17, 15) is 4.79 Å². The van der Waals surface area contributed by atoms with Crippen LogP contribution in [0.4, 0.5) is 5.69 Å². The molecule has 0 aliphatic heterocycles. The van der Waals surface area contributed by atoms with Crippen LogP contribution in [0.5, 0.6) is 0 Å². The summed E-state index contributed by atoms with van der Waals surface area (Å²) in [5.74, 6) is -0.405. The lowest BCUT2D eigenvalue weighted by atomic mass is 10.1. The Morgan fingerprint density at radius 2 is 2.41 bits per heavy atom. The molecule has 0 aliphatic carbocycles. The van der Waals surface area contributed by atoms with Gasteiger partial charge in [0.05, 0.1) is 31.1 Å². The first-order valence-corrected chi connectivity index (χ1v) is 7.54. The van der Waals surface area contributed by atoms with Crippen molar-refractivity contribution >= 4 is 44.0 Å². The number of thiophene rings is 1. The molecule has 0 bridgehead atoms. The number of nitrogens with one attached hydrogen (secondary N) is 2. The Balaban J connectivity index is 2.18. The number of carbonyl (C=O) groups excluding carboxylic acids is 1. The van der Waals surface area contributed by atoms with Crippen LogP contribution in [0, 0.1) is 0 Å². The molecule has 1 aromatic carbocycles. The number of hydrogen-bond acceptors (Lipinski definition) is 7. The summed E-state index contributed by atoms with van der Waals surface area (Å²) in [6, 6.07) is 3.44. The number of aromatic amines is 1. The van der Waals surface area contributed by atoms with Gasteiger partial charge in [-0.05, 0) is 12.1 Å². The zero-order valence-corrected chi connectivity index (χ0v) is 12.7. The molecule has 0 fully saturated rings. The van der Waals surface area contributed by atoms with Crippen molar-refractivity contribution in [2.75, 3.05) is 25.6 Å². The second kappa shape index (κ2) is 5.91. The third kappa shape index (κ3) is 2.41. The van der Waals surface area contributed by atoms with Crippen LogP contribution in [0.25, 0.3) is 21.0 Å². The lowest BCUT2D eigenvalue weighted by molar-refractivity contribution is 0.0607. The highest BCUT2D eigenvalue weighted by Gasteiger charge is 2.21. The molecule has 0 spiro atoms. The maximum atomic E-state index is 12.0. The Kier molecular flexibility index (Phi) is 3.97. The fourth-order valence-electron chi connectivity index (χ4n) is 2.32. The molecular formula is C14H16N4O3S. The van der Waals surface area contributed by atoms with E-state index in [4.69, 9.17) is 15.6 Å². The highest BCUT2D eigenvalue weighted by Crippen LogP contribution is 2.40. The van der Waals surface area contributed by atoms with Gasteiger partial charge in [-0.2, -0.15) is 5.10 Å². The fourth-order valence-corrected chi connectivity index (χ4v) is 3.43. The zero-order valence-electron chi connectivity index (χ0n) is 11.9. The normalized spacial score (nSPS) is 12.7. The van der Waals surface area contributed by atoms with Gasteiger partial charge in [-0.25, -0.2) is 4.79 Å². The molecule has 0 radical (unpaired) electrons. The summed E-state index contributed by atoms with van der Waals surface area (Å²) in [7, 11) is 1.35. The van der Waals surface area contributed by atoms with Gasteiger partial charge in [0.1, 0.15) is 4.88 Å². The van der Waals surface area contributed by atoms with E-state index in [1.165, 1.54) is 18.4 Å². The van der Waals surface area contributed by atoms with E-state index >= 15 is 0 Å². The Morgan fingerprint density at radius 1 is 1.59 bits per heavy atom. The SMILES string of the molecule is COC(=O)c1sc2ccc3[nH]ncc3c2c1NC[C@H](N)CO. The molecule has 0 saturated heterocycles. The summed E-state index contributed by atoms with van der Waals surface area (Å²) < 4.78 is 5.81. The molecular weight excluding hydrogens is 304 g/mol. The maximum Gasteiger partial charge on any atom is 0.350 e. The Labute approximate surface area is 130 Å². The quantitative estimate of drug-likeness (QED) is 0.527. The molecule has 0 saturated carbocycles. The zero-order chi connectivity index (χ0) is 15.7. The van der Waals surface area contributed by atoms with Crippen molar-refractivity contribution in [3.8, 4) is 0 Å². The average Bonchev–Trinajstić information content (AvgIpc) is 3.14. The van der Waals surface area contributed by atoms with Gasteiger partial charge in [0.15, 0.2) is 0 Å². The number of ether oxygens (including phenoxy) is 1. The molecule has 0 unspecified atom stereocenters. The lowest BCUT2D eigenvalue weighted by Crippen LogP contribution is -2.32. The number of fused-ring (bicyclic) bond motifs is 3. The summed E-state index contributed by atoms with van der Waals surface area (Å²) in [6.07, 6.45) is 1.72. The smallest absolute Gasteiger partial charge is 0.350 e. The Bertz CT molecular complexity index is 826. The van der Waals surface area contributed by atoms with E-state index < -0.39 is 12.0 Å². The minimum atomic E-state index is -0.413. The number of anilines is 1. The van der Waals surface area contributed by atoms with Gasteiger partial charge >= 0.3 is 5.97 Å². The molecule has 0 aliphatic rings. The first kappa shape index (κ1) is 14.8. The number of nitrogens with two attached hydrogens (primary N) is 1. The number of H-pyrrole nitrogens is 1. The van der Waals surface area contributed by atoms with Crippen molar-refractivity contribution in [2.45, 2.75) is 6.04 Å². The first-order chi connectivity index (χ1) is 10.7. The molecule has 1 atom stereocenters. The molecule has 8 heteroatoms. The van der Waals surface area contributed by atoms with E-state index in [-0.39, 0.29) is 6.61 Å². The van der Waals surface area contributed by atoms with Crippen LogP contribution in [0.1, 0.15) is 9.67 Å². The van der Waals surface area contributed by atoms with Gasteiger partial charge in [0.2, 0.25) is 0 Å². The molecule has 3 aromatic rings. The van der Waals surface area contributed by atoms with E-state index in [1.807, 2.05) is 12.1 Å². The molecule has 0 amide bonds. The van der Waals surface area contributed by atoms with Crippen LogP contribution in [0.3, 0.4) is 0 Å². The van der Waals surface area contributed by atoms with Gasteiger partial charge in [0.25, 0.3) is 0 Å². The second-order valence-electron chi connectivity index (χ2n) is 4.89. The maximum absolute atomic E-state index is 12.0. The molecule has 2 heterocycles. The van der Waals surface area contributed by atoms with E-state index in [1.54, 1.807) is 6.20 Å². The highest BCUT2D eigenvalue weighted by molar-refractivity contribution is 7.21. The molecule has 22 heavy (non-hydrogen) atoms. The second-order valence-corrected chi connectivity index (χ2v) is 5.94. The van der Waals surface area contributed by atoms with Crippen LogP contribution in [-0.4, -0.2) is 47.6 Å². The van der Waals surface area contributed by atoms with Crippen LogP contribution in [0.15, 0.2) is 18.3 Å². The van der Waals surface area contributed by atoms with Crippen molar-refractivity contribution in [2.24, 2.45) is 5.73 Å². The number of nitrogens with zero attached hydrogens (tertiary/aromatic N) is 1. The summed E-state index contributed by atoms with van der Waals surface area (Å²) >= 11 is 1.35. The van der Waals surface area contributed by atoms with Gasteiger partial charge in [-0.3, -0.25) is 5.10 Å².